The van der Waals surface area contributed by atoms with Crippen molar-refractivity contribution in [3.63, 3.8) is 0 Å². The van der Waals surface area contributed by atoms with Gasteiger partial charge in [0.2, 0.25) is 0 Å². The Hall–Kier alpha value is -3.22. The van der Waals surface area contributed by atoms with Gasteiger partial charge >= 0.3 is 0 Å². The maximum Gasteiger partial charge on any atom is 0.253 e. The number of aromatic nitrogens is 4. The van der Waals surface area contributed by atoms with Gasteiger partial charge in [-0.15, -0.1) is 0 Å². The van der Waals surface area contributed by atoms with Crippen LogP contribution in [0.5, 0.6) is 5.75 Å². The van der Waals surface area contributed by atoms with Crippen LogP contribution < -0.4 is 10.1 Å². The number of hydrogen-bond donors (Lipinski definition) is 2. The number of benzene rings is 1. The van der Waals surface area contributed by atoms with Crippen molar-refractivity contribution in [3.05, 3.63) is 59.7 Å². The number of rotatable bonds is 5. The van der Waals surface area contributed by atoms with Crippen LogP contribution in [0.2, 0.25) is 0 Å². The molecule has 1 amide bonds. The number of amides is 1. The van der Waals surface area contributed by atoms with Gasteiger partial charge in [-0.1, -0.05) is 0 Å². The highest BCUT2D eigenvalue weighted by Gasteiger charge is 2.09. The number of methoxy groups -OCH3 is 1. The van der Waals surface area contributed by atoms with Crippen LogP contribution in [0.4, 0.5) is 0 Å². The molecule has 1 aromatic carbocycles. The number of pyridine rings is 1. The van der Waals surface area contributed by atoms with Crippen LogP contribution in [0.3, 0.4) is 0 Å². The zero-order chi connectivity index (χ0) is 16.9. The molecule has 0 aliphatic heterocycles. The van der Waals surface area contributed by atoms with E-state index in [1.54, 1.807) is 25.4 Å². The molecule has 0 fully saturated rings. The van der Waals surface area contributed by atoms with Crippen LogP contribution in [-0.2, 0) is 6.54 Å². The summed E-state index contributed by atoms with van der Waals surface area (Å²) in [6.45, 7) is 2.13. The van der Waals surface area contributed by atoms with Crippen molar-refractivity contribution in [2.24, 2.45) is 0 Å². The number of carbonyl (C=O) groups excluding carboxylic acids is 1. The van der Waals surface area contributed by atoms with Gasteiger partial charge in [0.05, 0.1) is 19.2 Å². The van der Waals surface area contributed by atoms with E-state index in [0.29, 0.717) is 17.2 Å². The highest BCUT2D eigenvalue weighted by atomic mass is 16.5. The summed E-state index contributed by atoms with van der Waals surface area (Å²) in [4.78, 5) is 20.5. The molecule has 0 saturated heterocycles. The van der Waals surface area contributed by atoms with E-state index in [1.165, 1.54) is 0 Å². The average molecular weight is 323 g/mol. The van der Waals surface area contributed by atoms with E-state index in [4.69, 9.17) is 4.74 Å². The summed E-state index contributed by atoms with van der Waals surface area (Å²) in [7, 11) is 1.62. The van der Waals surface area contributed by atoms with Crippen LogP contribution in [0, 0.1) is 6.92 Å². The molecule has 0 spiro atoms. The van der Waals surface area contributed by atoms with E-state index in [0.717, 1.165) is 17.0 Å². The monoisotopic (exact) mass is 323 g/mol. The van der Waals surface area contributed by atoms with Crippen molar-refractivity contribution in [1.29, 1.82) is 0 Å². The second-order valence-corrected chi connectivity index (χ2v) is 5.21. The fourth-order valence-electron chi connectivity index (χ4n) is 2.11. The summed E-state index contributed by atoms with van der Waals surface area (Å²) in [5.41, 5.74) is 2.24. The van der Waals surface area contributed by atoms with Gasteiger partial charge in [-0.25, -0.2) is 4.98 Å². The molecule has 7 heteroatoms. The molecule has 24 heavy (non-hydrogen) atoms. The summed E-state index contributed by atoms with van der Waals surface area (Å²) >= 11 is 0. The second kappa shape index (κ2) is 6.91. The Bertz CT molecular complexity index is 825. The molecule has 0 unspecified atom stereocenters. The van der Waals surface area contributed by atoms with Gasteiger partial charge in [-0.2, -0.15) is 5.10 Å². The van der Waals surface area contributed by atoms with E-state index >= 15 is 0 Å². The molecule has 122 valence electrons. The lowest BCUT2D eigenvalue weighted by Gasteiger charge is -2.02. The first kappa shape index (κ1) is 15.7. The number of hydrogen-bond acceptors (Lipinski definition) is 5. The van der Waals surface area contributed by atoms with Crippen LogP contribution in [0.1, 0.15) is 21.9 Å². The molecule has 0 atom stereocenters. The summed E-state index contributed by atoms with van der Waals surface area (Å²) in [6, 6.07) is 11.0. The third-order valence-electron chi connectivity index (χ3n) is 3.47. The maximum atomic E-state index is 12.0. The largest absolute Gasteiger partial charge is 0.497 e. The predicted molar refractivity (Wildman–Crippen MR) is 88.5 cm³/mol. The molecule has 2 aromatic heterocycles. The predicted octanol–water partition coefficient (Wildman–Crippen LogP) is 2.11. The molecule has 2 heterocycles. The Labute approximate surface area is 139 Å². The van der Waals surface area contributed by atoms with E-state index in [1.807, 2.05) is 31.2 Å². The second-order valence-electron chi connectivity index (χ2n) is 5.21. The fourth-order valence-corrected chi connectivity index (χ4v) is 2.11. The van der Waals surface area contributed by atoms with Crippen molar-refractivity contribution >= 4 is 5.91 Å². The third-order valence-corrected chi connectivity index (χ3v) is 3.47. The third kappa shape index (κ3) is 3.57. The summed E-state index contributed by atoms with van der Waals surface area (Å²) in [5.74, 6) is 1.71. The molecular formula is C17H17N5O2. The van der Waals surface area contributed by atoms with E-state index in [2.05, 4.69) is 25.5 Å². The number of carbonyl (C=O) groups is 1. The topological polar surface area (TPSA) is 92.8 Å². The zero-order valence-corrected chi connectivity index (χ0v) is 13.4. The van der Waals surface area contributed by atoms with Crippen LogP contribution >= 0.6 is 0 Å². The van der Waals surface area contributed by atoms with E-state index in [9.17, 15) is 4.79 Å². The van der Waals surface area contributed by atoms with Crippen molar-refractivity contribution < 1.29 is 9.53 Å². The summed E-state index contributed by atoms with van der Waals surface area (Å²) in [6.07, 6.45) is 1.55. The lowest BCUT2D eigenvalue weighted by Crippen LogP contribution is -2.23. The minimum Gasteiger partial charge on any atom is -0.497 e. The molecule has 3 aromatic rings. The first-order valence-corrected chi connectivity index (χ1v) is 7.42. The van der Waals surface area contributed by atoms with Crippen molar-refractivity contribution in [2.45, 2.75) is 13.5 Å². The van der Waals surface area contributed by atoms with Crippen LogP contribution in [0.15, 0.2) is 42.6 Å². The number of nitrogens with zero attached hydrogens (tertiary/aromatic N) is 3. The van der Waals surface area contributed by atoms with Crippen molar-refractivity contribution in [1.82, 2.24) is 25.5 Å². The fraction of sp³-hybridized carbons (Fsp3) is 0.176. The Balaban J connectivity index is 1.63. The number of ether oxygens (including phenoxy) is 1. The highest BCUT2D eigenvalue weighted by Crippen LogP contribution is 2.18. The standard InChI is InChI=1S/C17H17N5O2/c1-11-3-4-13(9-18-11)17(23)19-10-15-20-16(22-21-15)12-5-7-14(24-2)8-6-12/h3-9H,10H2,1-2H3,(H,19,23)(H,20,21,22). The molecule has 7 nitrogen and oxygen atoms in total. The van der Waals surface area contributed by atoms with Crippen molar-refractivity contribution in [3.8, 4) is 17.1 Å². The molecule has 0 radical (unpaired) electrons. The minimum absolute atomic E-state index is 0.204. The number of nitrogens with one attached hydrogen (secondary N) is 2. The van der Waals surface area contributed by atoms with Gasteiger partial charge < -0.3 is 10.1 Å². The minimum atomic E-state index is -0.204. The normalized spacial score (nSPS) is 10.4. The van der Waals surface area contributed by atoms with Gasteiger partial charge in [-0.3, -0.25) is 14.9 Å². The van der Waals surface area contributed by atoms with Crippen LogP contribution in [-0.4, -0.2) is 33.2 Å². The lowest BCUT2D eigenvalue weighted by atomic mass is 10.2. The SMILES string of the molecule is COc1ccc(-c2n[nH]c(CNC(=O)c3ccc(C)nc3)n2)cc1. The first-order chi connectivity index (χ1) is 11.7. The Morgan fingerprint density at radius 1 is 1.21 bits per heavy atom. The zero-order valence-electron chi connectivity index (χ0n) is 13.4. The number of aryl methyl sites for hydroxylation is 1. The number of H-pyrrole nitrogens is 1. The van der Waals surface area contributed by atoms with Crippen LogP contribution in [0.25, 0.3) is 11.4 Å². The van der Waals surface area contributed by atoms with Gasteiger partial charge in [0.15, 0.2) is 5.82 Å². The van der Waals surface area contributed by atoms with E-state index in [-0.39, 0.29) is 12.5 Å². The Kier molecular flexibility index (Phi) is 4.51. The molecule has 2 N–H and O–H groups in total. The van der Waals surface area contributed by atoms with Gasteiger partial charge in [0.25, 0.3) is 5.91 Å². The molecule has 0 aliphatic carbocycles. The maximum absolute atomic E-state index is 12.0. The molecule has 0 aliphatic rings. The quantitative estimate of drug-likeness (QED) is 0.750. The number of aromatic amines is 1. The first-order valence-electron chi connectivity index (χ1n) is 7.42. The van der Waals surface area contributed by atoms with Gasteiger partial charge in [-0.05, 0) is 43.3 Å². The highest BCUT2D eigenvalue weighted by molar-refractivity contribution is 5.93. The van der Waals surface area contributed by atoms with Gasteiger partial charge in [0, 0.05) is 17.5 Å². The Morgan fingerprint density at radius 2 is 2.00 bits per heavy atom. The smallest absolute Gasteiger partial charge is 0.253 e. The summed E-state index contributed by atoms with van der Waals surface area (Å²) < 4.78 is 5.12. The molecule has 0 saturated carbocycles. The van der Waals surface area contributed by atoms with Crippen molar-refractivity contribution in [2.75, 3.05) is 7.11 Å². The molecule has 0 bridgehead atoms. The van der Waals surface area contributed by atoms with Gasteiger partial charge in [0.1, 0.15) is 11.6 Å². The molecule has 3 rings (SSSR count). The summed E-state index contributed by atoms with van der Waals surface area (Å²) in [5, 5.41) is 9.77. The lowest BCUT2D eigenvalue weighted by molar-refractivity contribution is 0.0949. The molecular weight excluding hydrogens is 306 g/mol. The Morgan fingerprint density at radius 3 is 2.67 bits per heavy atom. The van der Waals surface area contributed by atoms with E-state index < -0.39 is 0 Å². The average Bonchev–Trinajstić information content (AvgIpc) is 3.09.